The van der Waals surface area contributed by atoms with Gasteiger partial charge < -0.3 is 4.42 Å². The van der Waals surface area contributed by atoms with Crippen molar-refractivity contribution < 1.29 is 9.21 Å². The lowest BCUT2D eigenvalue weighted by Gasteiger charge is -2.02. The van der Waals surface area contributed by atoms with Gasteiger partial charge in [-0.1, -0.05) is 60.7 Å². The maximum Gasteiger partial charge on any atom is 0.238 e. The second kappa shape index (κ2) is 6.10. The second-order valence-electron chi connectivity index (χ2n) is 5.72. The Morgan fingerprint density at radius 1 is 0.920 bits per heavy atom. The first-order valence-corrected chi connectivity index (χ1v) is 7.89. The molecule has 0 radical (unpaired) electrons. The van der Waals surface area contributed by atoms with Crippen LogP contribution in [0.4, 0.5) is 0 Å². The van der Waals surface area contributed by atoms with Gasteiger partial charge in [0, 0.05) is 5.39 Å². The molecule has 0 bridgehead atoms. The second-order valence-corrected chi connectivity index (χ2v) is 5.72. The van der Waals surface area contributed by atoms with Gasteiger partial charge >= 0.3 is 0 Å². The smallest absolute Gasteiger partial charge is 0.238 e. The average Bonchev–Trinajstić information content (AvgIpc) is 3.10. The quantitative estimate of drug-likeness (QED) is 0.289. The van der Waals surface area contributed by atoms with E-state index in [1.54, 1.807) is 18.2 Å². The third kappa shape index (κ3) is 2.71. The molecule has 0 fully saturated rings. The van der Waals surface area contributed by atoms with E-state index in [1.807, 2.05) is 66.7 Å². The van der Waals surface area contributed by atoms with Crippen LogP contribution >= 0.6 is 0 Å². The molecule has 4 aromatic rings. The molecule has 0 saturated heterocycles. The molecule has 0 aliphatic rings. The van der Waals surface area contributed by atoms with Crippen molar-refractivity contribution in [1.82, 2.24) is 0 Å². The molecule has 0 aliphatic heterocycles. The van der Waals surface area contributed by atoms with Crippen LogP contribution in [0.15, 0.2) is 82.8 Å². The van der Waals surface area contributed by atoms with Gasteiger partial charge in [0.1, 0.15) is 17.2 Å². The molecule has 0 atom stereocenters. The minimum Gasteiger partial charge on any atom is -0.453 e. The summed E-state index contributed by atoms with van der Waals surface area (Å²) in [6.45, 7) is 0. The Balaban J connectivity index is 1.80. The van der Waals surface area contributed by atoms with Gasteiger partial charge in [0.25, 0.3) is 0 Å². The zero-order valence-corrected chi connectivity index (χ0v) is 13.3. The number of nitriles is 1. The molecule has 0 saturated carbocycles. The number of hydrogen-bond acceptors (Lipinski definition) is 3. The average molecular weight is 323 g/mol. The summed E-state index contributed by atoms with van der Waals surface area (Å²) in [5, 5.41) is 12.4. The van der Waals surface area contributed by atoms with Gasteiger partial charge in [-0.15, -0.1) is 0 Å². The molecule has 3 aromatic carbocycles. The Bertz CT molecular complexity index is 1140. The van der Waals surface area contributed by atoms with E-state index in [1.165, 1.54) is 0 Å². The zero-order valence-electron chi connectivity index (χ0n) is 13.3. The first kappa shape index (κ1) is 14.9. The van der Waals surface area contributed by atoms with Crippen LogP contribution in [0.3, 0.4) is 0 Å². The molecule has 0 amide bonds. The molecule has 118 valence electrons. The third-order valence-corrected chi connectivity index (χ3v) is 4.14. The number of furan rings is 1. The summed E-state index contributed by atoms with van der Waals surface area (Å²) in [6.07, 6.45) is 1.62. The number of Topliss-reactive ketones (excluding diaryl/α,β-unsaturated/α-hetero) is 1. The summed E-state index contributed by atoms with van der Waals surface area (Å²) >= 11 is 0. The molecule has 3 nitrogen and oxygen atoms in total. The van der Waals surface area contributed by atoms with Crippen molar-refractivity contribution in [3.05, 3.63) is 89.7 Å². The minimum absolute atomic E-state index is 0.0513. The molecule has 4 rings (SSSR count). The maximum atomic E-state index is 12.7. The molecule has 1 heterocycles. The number of para-hydroxylation sites is 1. The van der Waals surface area contributed by atoms with Gasteiger partial charge in [-0.2, -0.15) is 5.26 Å². The number of rotatable bonds is 3. The molecule has 0 aliphatic carbocycles. The highest BCUT2D eigenvalue weighted by molar-refractivity contribution is 6.14. The van der Waals surface area contributed by atoms with Crippen molar-refractivity contribution >= 4 is 33.6 Å². The number of hydrogen-bond donors (Lipinski definition) is 0. The van der Waals surface area contributed by atoms with Crippen molar-refractivity contribution in [3.63, 3.8) is 0 Å². The lowest BCUT2D eigenvalue weighted by Crippen LogP contribution is -2.00. The predicted octanol–water partition coefficient (Wildman–Crippen LogP) is 5.38. The van der Waals surface area contributed by atoms with Gasteiger partial charge in [-0.3, -0.25) is 4.79 Å². The number of ketones is 1. The Kier molecular flexibility index (Phi) is 3.64. The summed E-state index contributed by atoms with van der Waals surface area (Å²) in [4.78, 5) is 12.7. The summed E-state index contributed by atoms with van der Waals surface area (Å²) < 4.78 is 5.60. The summed E-state index contributed by atoms with van der Waals surface area (Å²) in [7, 11) is 0. The molecule has 0 unspecified atom stereocenters. The molecular formula is C22H13NO2. The first-order chi connectivity index (χ1) is 12.3. The van der Waals surface area contributed by atoms with E-state index in [0.29, 0.717) is 5.58 Å². The fourth-order valence-electron chi connectivity index (χ4n) is 2.91. The zero-order chi connectivity index (χ0) is 17.2. The fourth-order valence-corrected chi connectivity index (χ4v) is 2.91. The van der Waals surface area contributed by atoms with Crippen LogP contribution in [-0.2, 0) is 0 Å². The van der Waals surface area contributed by atoms with Crippen LogP contribution in [0.1, 0.15) is 16.1 Å². The van der Waals surface area contributed by atoms with Crippen molar-refractivity contribution in [2.75, 3.05) is 0 Å². The number of allylic oxidation sites excluding steroid dienone is 1. The molecule has 0 spiro atoms. The van der Waals surface area contributed by atoms with Crippen LogP contribution in [0.5, 0.6) is 0 Å². The standard InChI is InChI=1S/C22H13NO2/c23-14-18(12-16-9-5-8-15-6-1-3-10-19(15)16)22(24)21-13-17-7-2-4-11-20(17)25-21/h1-13H. The number of benzene rings is 3. The van der Waals surface area contributed by atoms with E-state index in [2.05, 4.69) is 0 Å². The third-order valence-electron chi connectivity index (χ3n) is 4.14. The van der Waals surface area contributed by atoms with Crippen molar-refractivity contribution in [3.8, 4) is 6.07 Å². The molecule has 25 heavy (non-hydrogen) atoms. The topological polar surface area (TPSA) is 54.0 Å². The molecule has 1 aromatic heterocycles. The number of carbonyl (C=O) groups excluding carboxylic acids is 1. The Hall–Kier alpha value is -3.64. The van der Waals surface area contributed by atoms with Crippen LogP contribution < -0.4 is 0 Å². The fraction of sp³-hybridized carbons (Fsp3) is 0. The van der Waals surface area contributed by atoms with E-state index >= 15 is 0 Å². The number of carbonyl (C=O) groups is 1. The minimum atomic E-state index is -0.411. The normalized spacial score (nSPS) is 11.6. The Morgan fingerprint density at radius 3 is 2.44 bits per heavy atom. The summed E-state index contributed by atoms with van der Waals surface area (Å²) in [5.41, 5.74) is 1.52. The lowest BCUT2D eigenvalue weighted by atomic mass is 10.0. The van der Waals surface area contributed by atoms with Crippen LogP contribution in [0.2, 0.25) is 0 Å². The maximum absolute atomic E-state index is 12.7. The van der Waals surface area contributed by atoms with E-state index in [9.17, 15) is 10.1 Å². The summed E-state index contributed by atoms with van der Waals surface area (Å²) in [6, 6.07) is 24.7. The van der Waals surface area contributed by atoms with E-state index < -0.39 is 5.78 Å². The predicted molar refractivity (Wildman–Crippen MR) is 98.1 cm³/mol. The molecular weight excluding hydrogens is 310 g/mol. The lowest BCUT2D eigenvalue weighted by molar-refractivity contribution is 0.101. The van der Waals surface area contributed by atoms with Crippen LogP contribution in [-0.4, -0.2) is 5.78 Å². The van der Waals surface area contributed by atoms with E-state index in [4.69, 9.17) is 4.42 Å². The summed E-state index contributed by atoms with van der Waals surface area (Å²) in [5.74, 6) is -0.235. The SMILES string of the molecule is N#CC(=Cc1cccc2ccccc12)C(=O)c1cc2ccccc2o1. The van der Waals surface area contributed by atoms with Gasteiger partial charge in [-0.25, -0.2) is 0 Å². The van der Waals surface area contributed by atoms with Crippen molar-refractivity contribution in [2.45, 2.75) is 0 Å². The van der Waals surface area contributed by atoms with Gasteiger partial charge in [0.05, 0.1) is 0 Å². The molecule has 3 heteroatoms. The number of nitrogens with zero attached hydrogens (tertiary/aromatic N) is 1. The Labute approximate surface area is 144 Å². The van der Waals surface area contributed by atoms with E-state index in [0.717, 1.165) is 21.7 Å². The Morgan fingerprint density at radius 2 is 1.64 bits per heavy atom. The van der Waals surface area contributed by atoms with Crippen LogP contribution in [0.25, 0.3) is 27.8 Å². The monoisotopic (exact) mass is 323 g/mol. The van der Waals surface area contributed by atoms with Gasteiger partial charge in [0.15, 0.2) is 5.76 Å². The number of fused-ring (bicyclic) bond motifs is 2. The van der Waals surface area contributed by atoms with E-state index in [-0.39, 0.29) is 11.3 Å². The van der Waals surface area contributed by atoms with Crippen molar-refractivity contribution in [2.24, 2.45) is 0 Å². The highest BCUT2D eigenvalue weighted by Crippen LogP contribution is 2.24. The molecule has 0 N–H and O–H groups in total. The van der Waals surface area contributed by atoms with Crippen molar-refractivity contribution in [1.29, 1.82) is 5.26 Å². The van der Waals surface area contributed by atoms with Gasteiger partial charge in [0.2, 0.25) is 5.78 Å². The largest absolute Gasteiger partial charge is 0.453 e. The highest BCUT2D eigenvalue weighted by Gasteiger charge is 2.17. The highest BCUT2D eigenvalue weighted by atomic mass is 16.3. The van der Waals surface area contributed by atoms with Gasteiger partial charge in [-0.05, 0) is 34.5 Å². The first-order valence-electron chi connectivity index (χ1n) is 7.89. The van der Waals surface area contributed by atoms with Crippen LogP contribution in [0, 0.1) is 11.3 Å².